The predicted molar refractivity (Wildman–Crippen MR) is 79.2 cm³/mol. The predicted octanol–water partition coefficient (Wildman–Crippen LogP) is 0.882. The van der Waals surface area contributed by atoms with Crippen molar-refractivity contribution in [1.29, 1.82) is 0 Å². The second kappa shape index (κ2) is 7.36. The van der Waals surface area contributed by atoms with Gasteiger partial charge in [0.05, 0.1) is 5.54 Å². The maximum atomic E-state index is 12.5. The molecule has 0 aliphatic carbocycles. The zero-order chi connectivity index (χ0) is 13.6. The largest absolute Gasteiger partial charge is 0.344 e. The Kier molecular flexibility index (Phi) is 6.46. The Hall–Kier alpha value is -0.260. The number of likely N-dealkylation sites (N-methyl/N-ethyl adjacent to an activating group) is 1. The normalized spacial score (nSPS) is 17.8. The quantitative estimate of drug-likeness (QED) is 0.729. The summed E-state index contributed by atoms with van der Waals surface area (Å²) < 4.78 is 0. The van der Waals surface area contributed by atoms with Crippen molar-refractivity contribution in [3.63, 3.8) is 0 Å². The Morgan fingerprint density at radius 2 is 2.00 bits per heavy atom. The zero-order valence-electron chi connectivity index (χ0n) is 12.2. The molecule has 0 aromatic rings. The molecule has 0 aromatic heterocycles. The number of hydrogen-bond donors (Lipinski definition) is 1. The van der Waals surface area contributed by atoms with Gasteiger partial charge in [-0.25, -0.2) is 0 Å². The number of nitrogens with one attached hydrogen (secondary N) is 1. The van der Waals surface area contributed by atoms with Crippen molar-refractivity contribution < 1.29 is 4.79 Å². The van der Waals surface area contributed by atoms with Crippen LogP contribution < -0.4 is 5.32 Å². The van der Waals surface area contributed by atoms with Crippen LogP contribution in [0.3, 0.4) is 0 Å². The molecule has 1 amide bonds. The molecule has 0 radical (unpaired) electrons. The second-order valence-electron chi connectivity index (χ2n) is 5.37. The van der Waals surface area contributed by atoms with Gasteiger partial charge in [0.2, 0.25) is 5.91 Å². The minimum Gasteiger partial charge on any atom is -0.344 e. The van der Waals surface area contributed by atoms with Gasteiger partial charge in [-0.15, -0.1) is 0 Å². The Labute approximate surface area is 115 Å². The number of rotatable bonds is 6. The van der Waals surface area contributed by atoms with E-state index in [-0.39, 0.29) is 11.4 Å². The lowest BCUT2D eigenvalue weighted by molar-refractivity contribution is -0.141. The Morgan fingerprint density at radius 1 is 1.39 bits per heavy atom. The molecular weight excluding hydrogens is 246 g/mol. The number of piperazine rings is 1. The molecule has 0 aromatic carbocycles. The molecule has 1 aliphatic heterocycles. The molecule has 0 saturated carbocycles. The first-order chi connectivity index (χ1) is 8.50. The first-order valence-electron chi connectivity index (χ1n) is 6.70. The van der Waals surface area contributed by atoms with Crippen LogP contribution in [0.1, 0.15) is 20.3 Å². The number of nitrogens with zero attached hydrogens (tertiary/aromatic N) is 2. The third kappa shape index (κ3) is 4.14. The number of hydrogen-bond acceptors (Lipinski definition) is 4. The highest BCUT2D eigenvalue weighted by atomic mass is 32.2. The summed E-state index contributed by atoms with van der Waals surface area (Å²) in [6.45, 7) is 8.82. The third-order valence-corrected chi connectivity index (χ3v) is 4.32. The minimum absolute atomic E-state index is 0.241. The Balaban J connectivity index is 2.51. The molecule has 1 saturated heterocycles. The van der Waals surface area contributed by atoms with Gasteiger partial charge >= 0.3 is 0 Å². The van der Waals surface area contributed by atoms with Gasteiger partial charge in [-0.05, 0) is 32.3 Å². The van der Waals surface area contributed by atoms with Crippen LogP contribution in [0.5, 0.6) is 0 Å². The molecular formula is C13H27N3OS. The Morgan fingerprint density at radius 3 is 2.56 bits per heavy atom. The van der Waals surface area contributed by atoms with E-state index in [1.165, 1.54) is 0 Å². The summed E-state index contributed by atoms with van der Waals surface area (Å²) in [6.07, 6.45) is 3.17. The van der Waals surface area contributed by atoms with E-state index in [2.05, 4.69) is 16.5 Å². The van der Waals surface area contributed by atoms with Crippen molar-refractivity contribution in [2.24, 2.45) is 0 Å². The average molecular weight is 273 g/mol. The first-order valence-corrected chi connectivity index (χ1v) is 8.10. The molecule has 106 valence electrons. The first kappa shape index (κ1) is 15.8. The van der Waals surface area contributed by atoms with Crippen molar-refractivity contribution in [2.75, 3.05) is 51.8 Å². The van der Waals surface area contributed by atoms with Crippen LogP contribution in [-0.4, -0.2) is 73.0 Å². The van der Waals surface area contributed by atoms with Crippen LogP contribution in [0.2, 0.25) is 0 Å². The van der Waals surface area contributed by atoms with E-state index in [9.17, 15) is 4.79 Å². The minimum atomic E-state index is -0.379. The summed E-state index contributed by atoms with van der Waals surface area (Å²) in [6, 6.07) is 0. The van der Waals surface area contributed by atoms with Crippen molar-refractivity contribution in [3.8, 4) is 0 Å². The van der Waals surface area contributed by atoms with E-state index >= 15 is 0 Å². The van der Waals surface area contributed by atoms with Crippen LogP contribution in [0, 0.1) is 0 Å². The molecule has 1 aliphatic rings. The van der Waals surface area contributed by atoms with Crippen molar-refractivity contribution in [1.82, 2.24) is 15.1 Å². The average Bonchev–Trinajstić information content (AvgIpc) is 2.39. The molecule has 1 heterocycles. The van der Waals surface area contributed by atoms with E-state index in [1.54, 1.807) is 0 Å². The van der Waals surface area contributed by atoms with E-state index in [1.807, 2.05) is 37.6 Å². The fraction of sp³-hybridized carbons (Fsp3) is 0.923. The van der Waals surface area contributed by atoms with E-state index in [0.717, 1.165) is 44.9 Å². The number of thioether (sulfide) groups is 1. The van der Waals surface area contributed by atoms with Crippen LogP contribution in [0.4, 0.5) is 0 Å². The summed E-state index contributed by atoms with van der Waals surface area (Å²) in [5, 5.41) is 3.33. The van der Waals surface area contributed by atoms with Gasteiger partial charge in [0.15, 0.2) is 0 Å². The fourth-order valence-corrected chi connectivity index (χ4v) is 2.79. The van der Waals surface area contributed by atoms with Gasteiger partial charge < -0.3 is 10.2 Å². The lowest BCUT2D eigenvalue weighted by Crippen LogP contribution is -2.60. The van der Waals surface area contributed by atoms with Gasteiger partial charge in [-0.1, -0.05) is 0 Å². The van der Waals surface area contributed by atoms with E-state index < -0.39 is 0 Å². The topological polar surface area (TPSA) is 35.6 Å². The van der Waals surface area contributed by atoms with E-state index in [4.69, 9.17) is 0 Å². The smallest absolute Gasteiger partial charge is 0.242 e. The lowest BCUT2D eigenvalue weighted by Gasteiger charge is -2.41. The molecule has 4 nitrogen and oxygen atoms in total. The molecule has 1 N–H and O–H groups in total. The van der Waals surface area contributed by atoms with Crippen LogP contribution >= 0.6 is 11.8 Å². The maximum absolute atomic E-state index is 12.5. The lowest BCUT2D eigenvalue weighted by atomic mass is 9.99. The molecule has 1 fully saturated rings. The number of carbonyl (C=O) groups is 1. The van der Waals surface area contributed by atoms with Crippen molar-refractivity contribution >= 4 is 17.7 Å². The molecule has 0 spiro atoms. The molecule has 0 unspecified atom stereocenters. The van der Waals surface area contributed by atoms with Gasteiger partial charge in [-0.2, -0.15) is 11.8 Å². The maximum Gasteiger partial charge on any atom is 0.242 e. The number of carbonyl (C=O) groups excluding carboxylic acids is 1. The fourth-order valence-electron chi connectivity index (χ4n) is 2.37. The third-order valence-electron chi connectivity index (χ3n) is 3.62. The highest BCUT2D eigenvalue weighted by molar-refractivity contribution is 7.98. The van der Waals surface area contributed by atoms with Gasteiger partial charge in [0.25, 0.3) is 0 Å². The summed E-state index contributed by atoms with van der Waals surface area (Å²) >= 11 is 1.83. The standard InChI is InChI=1S/C13H27N3OS/c1-13(2,16-9-6-14-7-10-16)12(17)15(3)8-5-11-18-4/h14H,5-11H2,1-4H3. The van der Waals surface area contributed by atoms with E-state index in [0.29, 0.717) is 0 Å². The molecule has 0 atom stereocenters. The molecule has 5 heteroatoms. The van der Waals surface area contributed by atoms with Crippen LogP contribution in [0.15, 0.2) is 0 Å². The molecule has 0 bridgehead atoms. The summed E-state index contributed by atoms with van der Waals surface area (Å²) in [7, 11) is 1.92. The highest BCUT2D eigenvalue weighted by Crippen LogP contribution is 2.18. The van der Waals surface area contributed by atoms with Crippen molar-refractivity contribution in [3.05, 3.63) is 0 Å². The van der Waals surface area contributed by atoms with Gasteiger partial charge in [0, 0.05) is 39.8 Å². The zero-order valence-corrected chi connectivity index (χ0v) is 13.0. The van der Waals surface area contributed by atoms with Gasteiger partial charge in [-0.3, -0.25) is 9.69 Å². The Bertz CT molecular complexity index is 265. The summed E-state index contributed by atoms with van der Waals surface area (Å²) in [4.78, 5) is 16.7. The van der Waals surface area contributed by atoms with Gasteiger partial charge in [0.1, 0.15) is 0 Å². The summed E-state index contributed by atoms with van der Waals surface area (Å²) in [5.41, 5.74) is -0.379. The molecule has 18 heavy (non-hydrogen) atoms. The second-order valence-corrected chi connectivity index (χ2v) is 6.35. The van der Waals surface area contributed by atoms with Crippen LogP contribution in [0.25, 0.3) is 0 Å². The monoisotopic (exact) mass is 273 g/mol. The SMILES string of the molecule is CSCCCN(C)C(=O)C(C)(C)N1CCNCC1. The number of amides is 1. The summed E-state index contributed by atoms with van der Waals surface area (Å²) in [5.74, 6) is 1.36. The van der Waals surface area contributed by atoms with Crippen molar-refractivity contribution in [2.45, 2.75) is 25.8 Å². The highest BCUT2D eigenvalue weighted by Gasteiger charge is 2.36. The van der Waals surface area contributed by atoms with Crippen LogP contribution in [-0.2, 0) is 4.79 Å². The molecule has 1 rings (SSSR count).